The van der Waals surface area contributed by atoms with Crippen molar-refractivity contribution >= 4 is 17.8 Å². The van der Waals surface area contributed by atoms with Gasteiger partial charge >= 0.3 is 5.97 Å². The van der Waals surface area contributed by atoms with Crippen LogP contribution in [-0.4, -0.2) is 23.9 Å². The van der Waals surface area contributed by atoms with Crippen molar-refractivity contribution < 1.29 is 19.1 Å². The van der Waals surface area contributed by atoms with Gasteiger partial charge in [-0.2, -0.15) is 0 Å². The van der Waals surface area contributed by atoms with Crippen molar-refractivity contribution in [2.45, 2.75) is 46.1 Å². The minimum Gasteiger partial charge on any atom is -0.449 e. The van der Waals surface area contributed by atoms with Crippen molar-refractivity contribution in [1.29, 1.82) is 0 Å². The van der Waals surface area contributed by atoms with Crippen molar-refractivity contribution in [3.63, 3.8) is 0 Å². The van der Waals surface area contributed by atoms with Gasteiger partial charge in [0.25, 0.3) is 11.8 Å². The number of rotatable bonds is 4. The lowest BCUT2D eigenvalue weighted by atomic mass is 9.87. The van der Waals surface area contributed by atoms with Gasteiger partial charge in [0.1, 0.15) is 0 Å². The molecule has 0 aliphatic heterocycles. The predicted molar refractivity (Wildman–Crippen MR) is 88.0 cm³/mol. The molecule has 0 bridgehead atoms. The van der Waals surface area contributed by atoms with Crippen LogP contribution in [0.1, 0.15) is 50.5 Å². The highest BCUT2D eigenvalue weighted by Crippen LogP contribution is 2.22. The maximum atomic E-state index is 12.1. The number of nitrogens with one attached hydrogen (secondary N) is 1. The van der Waals surface area contributed by atoms with Crippen molar-refractivity contribution in [2.24, 2.45) is 0 Å². The van der Waals surface area contributed by atoms with Crippen LogP contribution in [0.25, 0.3) is 0 Å². The van der Waals surface area contributed by atoms with Crippen LogP contribution in [-0.2, 0) is 19.7 Å². The molecule has 5 nitrogen and oxygen atoms in total. The molecule has 0 saturated carbocycles. The van der Waals surface area contributed by atoms with Crippen LogP contribution >= 0.6 is 0 Å². The summed E-state index contributed by atoms with van der Waals surface area (Å²) in [6.07, 6.45) is -1.07. The fourth-order valence-corrected chi connectivity index (χ4v) is 1.72. The van der Waals surface area contributed by atoms with E-state index in [1.807, 2.05) is 12.1 Å². The average Bonchev–Trinajstić information content (AvgIpc) is 2.46. The lowest BCUT2D eigenvalue weighted by Crippen LogP contribution is -2.39. The van der Waals surface area contributed by atoms with E-state index in [9.17, 15) is 14.4 Å². The lowest BCUT2D eigenvalue weighted by Gasteiger charge is -2.19. The molecule has 5 heteroatoms. The minimum atomic E-state index is -1.07. The first kappa shape index (κ1) is 18.6. The van der Waals surface area contributed by atoms with Gasteiger partial charge in [0, 0.05) is 11.1 Å². The first-order chi connectivity index (χ1) is 10.5. The summed E-state index contributed by atoms with van der Waals surface area (Å²) in [5.41, 5.74) is 1.62. The lowest BCUT2D eigenvalue weighted by molar-refractivity contribution is -0.150. The molecule has 1 aromatic rings. The summed E-state index contributed by atoms with van der Waals surface area (Å²) in [5, 5.41) is 2.21. The standard InChI is InChI=1S/C18H23NO4/c1-11(2)17(22)23-12(3)15(20)19-16(21)13-7-9-14(10-8-13)18(4,5)6/h7-10,12H,1H2,2-6H3,(H,19,20,21). The fraction of sp³-hybridized carbons (Fsp3) is 0.389. The van der Waals surface area contributed by atoms with E-state index in [0.29, 0.717) is 5.56 Å². The normalized spacial score (nSPS) is 12.2. The molecule has 1 rings (SSSR count). The van der Waals surface area contributed by atoms with Gasteiger partial charge in [0.2, 0.25) is 0 Å². The summed E-state index contributed by atoms with van der Waals surface area (Å²) in [4.78, 5) is 35.3. The Morgan fingerprint density at radius 2 is 1.65 bits per heavy atom. The van der Waals surface area contributed by atoms with Crippen LogP contribution in [0.4, 0.5) is 0 Å². The van der Waals surface area contributed by atoms with E-state index in [-0.39, 0.29) is 11.0 Å². The molecule has 1 N–H and O–H groups in total. The zero-order valence-corrected chi connectivity index (χ0v) is 14.2. The maximum Gasteiger partial charge on any atom is 0.333 e. The number of carbonyl (C=O) groups is 3. The molecule has 0 radical (unpaired) electrons. The molecular weight excluding hydrogens is 294 g/mol. The average molecular weight is 317 g/mol. The van der Waals surface area contributed by atoms with E-state index < -0.39 is 23.9 Å². The van der Waals surface area contributed by atoms with E-state index in [4.69, 9.17) is 4.74 Å². The summed E-state index contributed by atoms with van der Waals surface area (Å²) in [7, 11) is 0. The largest absolute Gasteiger partial charge is 0.449 e. The van der Waals surface area contributed by atoms with Crippen LogP contribution in [0.15, 0.2) is 36.4 Å². The summed E-state index contributed by atoms with van der Waals surface area (Å²) in [6.45, 7) is 12.5. The van der Waals surface area contributed by atoms with Crippen molar-refractivity contribution in [3.8, 4) is 0 Å². The van der Waals surface area contributed by atoms with Crippen molar-refractivity contribution in [2.75, 3.05) is 0 Å². The highest BCUT2D eigenvalue weighted by Gasteiger charge is 2.21. The molecule has 0 saturated heterocycles. The van der Waals surface area contributed by atoms with E-state index in [1.54, 1.807) is 12.1 Å². The first-order valence-corrected chi connectivity index (χ1v) is 7.34. The van der Waals surface area contributed by atoms with Gasteiger partial charge in [0.15, 0.2) is 6.10 Å². The highest BCUT2D eigenvalue weighted by atomic mass is 16.5. The Morgan fingerprint density at radius 3 is 2.09 bits per heavy atom. The van der Waals surface area contributed by atoms with Crippen LogP contribution in [0.3, 0.4) is 0 Å². The van der Waals surface area contributed by atoms with E-state index in [0.717, 1.165) is 5.56 Å². The Balaban J connectivity index is 2.70. The molecule has 1 unspecified atom stereocenters. The van der Waals surface area contributed by atoms with Gasteiger partial charge in [-0.3, -0.25) is 14.9 Å². The molecule has 0 fully saturated rings. The second-order valence-corrected chi connectivity index (χ2v) is 6.47. The number of benzene rings is 1. The third-order valence-electron chi connectivity index (χ3n) is 3.25. The second-order valence-electron chi connectivity index (χ2n) is 6.47. The number of esters is 1. The Kier molecular flexibility index (Phi) is 5.85. The molecule has 1 atom stereocenters. The van der Waals surface area contributed by atoms with Gasteiger partial charge in [-0.15, -0.1) is 0 Å². The van der Waals surface area contributed by atoms with Gasteiger partial charge in [-0.25, -0.2) is 4.79 Å². The van der Waals surface area contributed by atoms with Gasteiger partial charge < -0.3 is 4.74 Å². The number of carbonyl (C=O) groups excluding carboxylic acids is 3. The predicted octanol–water partition coefficient (Wildman–Crippen LogP) is 2.75. The van der Waals surface area contributed by atoms with Crippen LogP contribution < -0.4 is 5.32 Å². The maximum absolute atomic E-state index is 12.1. The number of hydrogen-bond acceptors (Lipinski definition) is 4. The summed E-state index contributed by atoms with van der Waals surface area (Å²) in [6, 6.07) is 7.02. The molecule has 0 aliphatic carbocycles. The van der Waals surface area contributed by atoms with Crippen LogP contribution in [0.5, 0.6) is 0 Å². The molecule has 0 heterocycles. The minimum absolute atomic E-state index is 0.0178. The summed E-state index contributed by atoms with van der Waals surface area (Å²) >= 11 is 0. The Hall–Kier alpha value is -2.43. The summed E-state index contributed by atoms with van der Waals surface area (Å²) < 4.78 is 4.87. The molecule has 2 amide bonds. The molecule has 0 aromatic heterocycles. The third-order valence-corrected chi connectivity index (χ3v) is 3.25. The van der Waals surface area contributed by atoms with E-state index >= 15 is 0 Å². The van der Waals surface area contributed by atoms with Crippen molar-refractivity contribution in [3.05, 3.63) is 47.5 Å². The summed E-state index contributed by atoms with van der Waals surface area (Å²) in [5.74, 6) is -1.88. The topological polar surface area (TPSA) is 72.5 Å². The Labute approximate surface area is 136 Å². The first-order valence-electron chi connectivity index (χ1n) is 7.34. The van der Waals surface area contributed by atoms with Crippen LogP contribution in [0, 0.1) is 0 Å². The van der Waals surface area contributed by atoms with Crippen LogP contribution in [0.2, 0.25) is 0 Å². The number of amides is 2. The number of hydrogen-bond donors (Lipinski definition) is 1. The number of imide groups is 1. The molecule has 23 heavy (non-hydrogen) atoms. The quantitative estimate of drug-likeness (QED) is 0.684. The molecule has 1 aromatic carbocycles. The third kappa shape index (κ3) is 5.36. The Morgan fingerprint density at radius 1 is 1.13 bits per heavy atom. The second kappa shape index (κ2) is 7.22. The molecule has 0 spiro atoms. The number of ether oxygens (including phenoxy) is 1. The smallest absolute Gasteiger partial charge is 0.333 e. The van der Waals surface area contributed by atoms with Gasteiger partial charge in [0.05, 0.1) is 0 Å². The van der Waals surface area contributed by atoms with Gasteiger partial charge in [-0.05, 0) is 37.0 Å². The van der Waals surface area contributed by atoms with Gasteiger partial charge in [-0.1, -0.05) is 39.5 Å². The van der Waals surface area contributed by atoms with E-state index in [1.165, 1.54) is 13.8 Å². The van der Waals surface area contributed by atoms with E-state index in [2.05, 4.69) is 32.7 Å². The zero-order chi connectivity index (χ0) is 17.8. The SMILES string of the molecule is C=C(C)C(=O)OC(C)C(=O)NC(=O)c1ccc(C(C)(C)C)cc1. The van der Waals surface area contributed by atoms with Crippen molar-refractivity contribution in [1.82, 2.24) is 5.32 Å². The fourth-order valence-electron chi connectivity index (χ4n) is 1.72. The monoisotopic (exact) mass is 317 g/mol. The zero-order valence-electron chi connectivity index (χ0n) is 14.2. The Bertz CT molecular complexity index is 623. The highest BCUT2D eigenvalue weighted by molar-refractivity contribution is 6.06. The molecule has 124 valence electrons. The molecular formula is C18H23NO4. The molecule has 0 aliphatic rings.